The molecule has 2 rings (SSSR count). The largest absolute Gasteiger partial charge is 0.349 e. The Kier molecular flexibility index (Phi) is 4.88. The Hall–Kier alpha value is -1.56. The number of anilines is 1. The molecule has 6 heteroatoms. The summed E-state index contributed by atoms with van der Waals surface area (Å²) in [5, 5.41) is 3.03. The standard InChI is InChI=1S/C15H22N2O3S/c1-11-8-9-12(10-14(11)17-21(2,19)20)15(18)16-13-6-4-3-5-7-13/h8-10,13,17H,3-7H2,1-2H3,(H,16,18). The van der Waals surface area contributed by atoms with Gasteiger partial charge >= 0.3 is 0 Å². The maximum Gasteiger partial charge on any atom is 0.251 e. The van der Waals surface area contributed by atoms with Gasteiger partial charge < -0.3 is 5.32 Å². The highest BCUT2D eigenvalue weighted by Gasteiger charge is 2.17. The van der Waals surface area contributed by atoms with Gasteiger partial charge in [-0.2, -0.15) is 0 Å². The minimum absolute atomic E-state index is 0.140. The molecule has 0 heterocycles. The van der Waals surface area contributed by atoms with Crippen LogP contribution in [-0.4, -0.2) is 26.6 Å². The third-order valence-corrected chi connectivity index (χ3v) is 4.33. The highest BCUT2D eigenvalue weighted by molar-refractivity contribution is 7.92. The summed E-state index contributed by atoms with van der Waals surface area (Å²) >= 11 is 0. The van der Waals surface area contributed by atoms with Crippen LogP contribution in [0, 0.1) is 6.92 Å². The third-order valence-electron chi connectivity index (χ3n) is 3.74. The summed E-state index contributed by atoms with van der Waals surface area (Å²) in [6.07, 6.45) is 6.68. The lowest BCUT2D eigenvalue weighted by molar-refractivity contribution is 0.0927. The molecular formula is C15H22N2O3S. The number of rotatable bonds is 4. The lowest BCUT2D eigenvalue weighted by atomic mass is 9.95. The number of aryl methyl sites for hydroxylation is 1. The highest BCUT2D eigenvalue weighted by atomic mass is 32.2. The number of sulfonamides is 1. The van der Waals surface area contributed by atoms with Crippen molar-refractivity contribution in [3.05, 3.63) is 29.3 Å². The lowest BCUT2D eigenvalue weighted by Gasteiger charge is -2.23. The number of hydrogen-bond acceptors (Lipinski definition) is 3. The maximum absolute atomic E-state index is 12.3. The second kappa shape index (κ2) is 6.47. The van der Waals surface area contributed by atoms with Gasteiger partial charge in [-0.05, 0) is 37.5 Å². The molecule has 1 amide bonds. The van der Waals surface area contributed by atoms with Crippen molar-refractivity contribution >= 4 is 21.6 Å². The number of carbonyl (C=O) groups is 1. The van der Waals surface area contributed by atoms with E-state index in [4.69, 9.17) is 0 Å². The number of benzene rings is 1. The molecule has 1 fully saturated rings. The van der Waals surface area contributed by atoms with Crippen LogP contribution < -0.4 is 10.0 Å². The Labute approximate surface area is 126 Å². The SMILES string of the molecule is Cc1ccc(C(=O)NC2CCCCC2)cc1NS(C)(=O)=O. The fourth-order valence-electron chi connectivity index (χ4n) is 2.59. The second-order valence-corrected chi connectivity index (χ2v) is 7.46. The first-order valence-electron chi connectivity index (χ1n) is 7.24. The van der Waals surface area contributed by atoms with Crippen LogP contribution in [0.15, 0.2) is 18.2 Å². The van der Waals surface area contributed by atoms with Crippen LogP contribution in [0.3, 0.4) is 0 Å². The van der Waals surface area contributed by atoms with Gasteiger partial charge in [0.25, 0.3) is 5.91 Å². The van der Waals surface area contributed by atoms with Gasteiger partial charge in [0.15, 0.2) is 0 Å². The first kappa shape index (κ1) is 15.8. The predicted octanol–water partition coefficient (Wildman–Crippen LogP) is 2.43. The van der Waals surface area contributed by atoms with Crippen LogP contribution in [0.25, 0.3) is 0 Å². The van der Waals surface area contributed by atoms with Crippen molar-refractivity contribution in [2.75, 3.05) is 11.0 Å². The molecule has 21 heavy (non-hydrogen) atoms. The zero-order valence-corrected chi connectivity index (χ0v) is 13.3. The number of nitrogens with one attached hydrogen (secondary N) is 2. The van der Waals surface area contributed by atoms with Crippen molar-refractivity contribution in [1.82, 2.24) is 5.32 Å². The van der Waals surface area contributed by atoms with Gasteiger partial charge in [0.05, 0.1) is 11.9 Å². The molecule has 0 atom stereocenters. The van der Waals surface area contributed by atoms with Crippen molar-refractivity contribution in [2.45, 2.75) is 45.1 Å². The predicted molar refractivity (Wildman–Crippen MR) is 84.0 cm³/mol. The molecule has 1 aromatic carbocycles. The summed E-state index contributed by atoms with van der Waals surface area (Å²) in [5.74, 6) is -0.140. The molecule has 0 saturated heterocycles. The molecule has 0 spiro atoms. The van der Waals surface area contributed by atoms with E-state index < -0.39 is 10.0 Å². The van der Waals surface area contributed by atoms with E-state index >= 15 is 0 Å². The molecule has 5 nitrogen and oxygen atoms in total. The monoisotopic (exact) mass is 310 g/mol. The first-order valence-corrected chi connectivity index (χ1v) is 9.13. The fourth-order valence-corrected chi connectivity index (χ4v) is 3.21. The molecular weight excluding hydrogens is 288 g/mol. The third kappa shape index (κ3) is 4.74. The zero-order chi connectivity index (χ0) is 15.5. The van der Waals surface area contributed by atoms with Crippen LogP contribution in [0.1, 0.15) is 48.0 Å². The molecule has 0 unspecified atom stereocenters. The minimum Gasteiger partial charge on any atom is -0.349 e. The Balaban J connectivity index is 2.12. The molecule has 1 saturated carbocycles. The molecule has 0 aliphatic heterocycles. The van der Waals surface area contributed by atoms with Crippen molar-refractivity contribution < 1.29 is 13.2 Å². The van der Waals surface area contributed by atoms with E-state index in [1.54, 1.807) is 25.1 Å². The van der Waals surface area contributed by atoms with Crippen molar-refractivity contribution in [1.29, 1.82) is 0 Å². The van der Waals surface area contributed by atoms with Gasteiger partial charge in [-0.3, -0.25) is 9.52 Å². The average Bonchev–Trinajstić information content (AvgIpc) is 2.41. The fraction of sp³-hybridized carbons (Fsp3) is 0.533. The van der Waals surface area contributed by atoms with Crippen LogP contribution >= 0.6 is 0 Å². The highest BCUT2D eigenvalue weighted by Crippen LogP contribution is 2.20. The van der Waals surface area contributed by atoms with Crippen LogP contribution in [-0.2, 0) is 10.0 Å². The van der Waals surface area contributed by atoms with E-state index in [2.05, 4.69) is 10.0 Å². The van der Waals surface area contributed by atoms with Crippen molar-refractivity contribution in [3.8, 4) is 0 Å². The van der Waals surface area contributed by atoms with E-state index in [1.165, 1.54) is 6.42 Å². The van der Waals surface area contributed by atoms with Crippen molar-refractivity contribution in [3.63, 3.8) is 0 Å². The number of carbonyl (C=O) groups excluding carboxylic acids is 1. The molecule has 1 aliphatic carbocycles. The van der Waals surface area contributed by atoms with Gasteiger partial charge in [0, 0.05) is 11.6 Å². The Bertz CT molecular complexity index is 620. The second-order valence-electron chi connectivity index (χ2n) is 5.71. The van der Waals surface area contributed by atoms with E-state index in [0.717, 1.165) is 37.5 Å². The van der Waals surface area contributed by atoms with Crippen LogP contribution in [0.2, 0.25) is 0 Å². The summed E-state index contributed by atoms with van der Waals surface area (Å²) < 4.78 is 25.1. The van der Waals surface area contributed by atoms with E-state index in [-0.39, 0.29) is 11.9 Å². The molecule has 0 radical (unpaired) electrons. The van der Waals surface area contributed by atoms with Gasteiger partial charge in [-0.25, -0.2) is 8.42 Å². The summed E-state index contributed by atoms with van der Waals surface area (Å²) in [6.45, 7) is 1.80. The molecule has 1 aliphatic rings. The zero-order valence-electron chi connectivity index (χ0n) is 12.5. The molecule has 2 N–H and O–H groups in total. The number of hydrogen-bond donors (Lipinski definition) is 2. The summed E-state index contributed by atoms with van der Waals surface area (Å²) in [7, 11) is -3.35. The molecule has 0 aromatic heterocycles. The summed E-state index contributed by atoms with van der Waals surface area (Å²) in [6, 6.07) is 5.30. The van der Waals surface area contributed by atoms with Gasteiger partial charge in [-0.15, -0.1) is 0 Å². The van der Waals surface area contributed by atoms with E-state index in [0.29, 0.717) is 11.3 Å². The minimum atomic E-state index is -3.35. The normalized spacial score (nSPS) is 16.5. The first-order chi connectivity index (χ1) is 9.85. The summed E-state index contributed by atoms with van der Waals surface area (Å²) in [5.41, 5.74) is 1.72. The van der Waals surface area contributed by atoms with Gasteiger partial charge in [0.2, 0.25) is 10.0 Å². The van der Waals surface area contributed by atoms with Crippen LogP contribution in [0.4, 0.5) is 5.69 Å². The molecule has 0 bridgehead atoms. The van der Waals surface area contributed by atoms with Crippen molar-refractivity contribution in [2.24, 2.45) is 0 Å². The quantitative estimate of drug-likeness (QED) is 0.897. The number of amides is 1. The Morgan fingerprint density at radius 3 is 2.48 bits per heavy atom. The topological polar surface area (TPSA) is 75.3 Å². The van der Waals surface area contributed by atoms with E-state index in [1.807, 2.05) is 0 Å². The van der Waals surface area contributed by atoms with E-state index in [9.17, 15) is 13.2 Å². The Morgan fingerprint density at radius 1 is 1.19 bits per heavy atom. The van der Waals surface area contributed by atoms with Crippen LogP contribution in [0.5, 0.6) is 0 Å². The molecule has 116 valence electrons. The smallest absolute Gasteiger partial charge is 0.251 e. The van der Waals surface area contributed by atoms with Gasteiger partial charge in [-0.1, -0.05) is 25.3 Å². The molecule has 1 aromatic rings. The summed E-state index contributed by atoms with van der Waals surface area (Å²) in [4.78, 5) is 12.3. The maximum atomic E-state index is 12.3. The Morgan fingerprint density at radius 2 is 1.86 bits per heavy atom. The lowest BCUT2D eigenvalue weighted by Crippen LogP contribution is -2.36. The van der Waals surface area contributed by atoms with Gasteiger partial charge in [0.1, 0.15) is 0 Å². The average molecular weight is 310 g/mol.